The van der Waals surface area contributed by atoms with Crippen molar-refractivity contribution in [1.29, 1.82) is 5.26 Å². The molecule has 0 aliphatic rings. The molecule has 0 unspecified atom stereocenters. The standard InChI is InChI=1S/C14H10BrFN2O/c1-8-5-14(11(7-17)9(2)18-8)19-10-3-4-12(15)13(16)6-10/h3-6H,1-2H3. The molecule has 5 heteroatoms. The summed E-state index contributed by atoms with van der Waals surface area (Å²) < 4.78 is 19.4. The summed E-state index contributed by atoms with van der Waals surface area (Å²) in [5.74, 6) is 0.301. The number of rotatable bonds is 2. The fourth-order valence-electron chi connectivity index (χ4n) is 1.68. The van der Waals surface area contributed by atoms with Gasteiger partial charge in [0.1, 0.15) is 28.9 Å². The molecule has 0 aliphatic heterocycles. The van der Waals surface area contributed by atoms with E-state index in [-0.39, 0.29) is 0 Å². The summed E-state index contributed by atoms with van der Waals surface area (Å²) in [5, 5.41) is 9.12. The lowest BCUT2D eigenvalue weighted by atomic mass is 10.2. The number of aryl methyl sites for hydroxylation is 2. The highest BCUT2D eigenvalue weighted by Gasteiger charge is 2.11. The number of pyridine rings is 1. The number of ether oxygens (including phenoxy) is 1. The Morgan fingerprint density at radius 2 is 2.05 bits per heavy atom. The molecular weight excluding hydrogens is 311 g/mol. The summed E-state index contributed by atoms with van der Waals surface area (Å²) in [5.41, 5.74) is 1.69. The second kappa shape index (κ2) is 5.37. The third-order valence-corrected chi connectivity index (χ3v) is 3.17. The second-order valence-corrected chi connectivity index (χ2v) is 4.87. The van der Waals surface area contributed by atoms with Gasteiger partial charge in [0.05, 0.1) is 10.2 Å². The normalized spacial score (nSPS) is 10.1. The van der Waals surface area contributed by atoms with Crippen molar-refractivity contribution in [2.45, 2.75) is 13.8 Å². The lowest BCUT2D eigenvalue weighted by molar-refractivity contribution is 0.473. The molecule has 2 rings (SSSR count). The van der Waals surface area contributed by atoms with E-state index in [1.165, 1.54) is 6.07 Å². The molecule has 0 atom stereocenters. The van der Waals surface area contributed by atoms with Gasteiger partial charge in [-0.25, -0.2) is 4.39 Å². The van der Waals surface area contributed by atoms with Crippen molar-refractivity contribution in [3.63, 3.8) is 0 Å². The Hall–Kier alpha value is -1.93. The third kappa shape index (κ3) is 2.91. The van der Waals surface area contributed by atoms with Crippen LogP contribution in [-0.2, 0) is 0 Å². The number of nitrogens with zero attached hydrogens (tertiary/aromatic N) is 2. The second-order valence-electron chi connectivity index (χ2n) is 4.01. The van der Waals surface area contributed by atoms with Crippen molar-refractivity contribution in [3.05, 3.63) is 51.5 Å². The van der Waals surface area contributed by atoms with E-state index in [1.54, 1.807) is 25.1 Å². The molecule has 1 aromatic heterocycles. The zero-order chi connectivity index (χ0) is 14.0. The summed E-state index contributed by atoms with van der Waals surface area (Å²) in [6.45, 7) is 3.55. The van der Waals surface area contributed by atoms with E-state index in [2.05, 4.69) is 20.9 Å². The average molecular weight is 321 g/mol. The summed E-state index contributed by atoms with van der Waals surface area (Å²) in [6, 6.07) is 8.14. The van der Waals surface area contributed by atoms with Gasteiger partial charge in [-0.1, -0.05) is 0 Å². The van der Waals surface area contributed by atoms with Crippen LogP contribution in [0.4, 0.5) is 4.39 Å². The Morgan fingerprint density at radius 1 is 1.32 bits per heavy atom. The van der Waals surface area contributed by atoms with Crippen LogP contribution in [-0.4, -0.2) is 4.98 Å². The number of hydrogen-bond donors (Lipinski definition) is 0. The molecule has 0 saturated heterocycles. The van der Waals surface area contributed by atoms with Gasteiger partial charge in [0.2, 0.25) is 0 Å². The Morgan fingerprint density at radius 3 is 2.68 bits per heavy atom. The minimum Gasteiger partial charge on any atom is -0.456 e. The summed E-state index contributed by atoms with van der Waals surface area (Å²) in [4.78, 5) is 4.19. The van der Waals surface area contributed by atoms with E-state index in [9.17, 15) is 4.39 Å². The highest BCUT2D eigenvalue weighted by atomic mass is 79.9. The molecule has 1 aromatic carbocycles. The minimum atomic E-state index is -0.418. The predicted molar refractivity (Wildman–Crippen MR) is 72.6 cm³/mol. The van der Waals surface area contributed by atoms with E-state index in [4.69, 9.17) is 10.00 Å². The lowest BCUT2D eigenvalue weighted by Gasteiger charge is -2.10. The molecule has 0 N–H and O–H groups in total. The number of benzene rings is 1. The van der Waals surface area contributed by atoms with Crippen molar-refractivity contribution < 1.29 is 9.13 Å². The van der Waals surface area contributed by atoms with Crippen LogP contribution in [0.1, 0.15) is 17.0 Å². The van der Waals surface area contributed by atoms with E-state index >= 15 is 0 Å². The monoisotopic (exact) mass is 320 g/mol. The Balaban J connectivity index is 2.43. The van der Waals surface area contributed by atoms with Crippen LogP contribution >= 0.6 is 15.9 Å². The minimum absolute atomic E-state index is 0.335. The zero-order valence-electron chi connectivity index (χ0n) is 10.4. The van der Waals surface area contributed by atoms with Crippen molar-refractivity contribution >= 4 is 15.9 Å². The molecule has 96 valence electrons. The highest BCUT2D eigenvalue weighted by Crippen LogP contribution is 2.29. The van der Waals surface area contributed by atoms with Gasteiger partial charge in [-0.3, -0.25) is 4.98 Å². The highest BCUT2D eigenvalue weighted by molar-refractivity contribution is 9.10. The fourth-order valence-corrected chi connectivity index (χ4v) is 1.92. The van der Waals surface area contributed by atoms with Crippen molar-refractivity contribution in [3.8, 4) is 17.6 Å². The van der Waals surface area contributed by atoms with Gasteiger partial charge in [-0.15, -0.1) is 0 Å². The molecule has 0 spiro atoms. The van der Waals surface area contributed by atoms with Gasteiger partial charge in [0.15, 0.2) is 0 Å². The molecule has 19 heavy (non-hydrogen) atoms. The first kappa shape index (κ1) is 13.5. The number of hydrogen-bond acceptors (Lipinski definition) is 3. The van der Waals surface area contributed by atoms with Gasteiger partial charge in [0.25, 0.3) is 0 Å². The third-order valence-electron chi connectivity index (χ3n) is 2.52. The van der Waals surface area contributed by atoms with Crippen molar-refractivity contribution in [1.82, 2.24) is 4.98 Å². The van der Waals surface area contributed by atoms with Crippen LogP contribution < -0.4 is 4.74 Å². The van der Waals surface area contributed by atoms with Crippen molar-refractivity contribution in [2.75, 3.05) is 0 Å². The maximum Gasteiger partial charge on any atom is 0.148 e. The van der Waals surface area contributed by atoms with Gasteiger partial charge >= 0.3 is 0 Å². The maximum absolute atomic E-state index is 13.4. The van der Waals surface area contributed by atoms with Crippen LogP contribution in [0, 0.1) is 31.0 Å². The van der Waals surface area contributed by atoms with Gasteiger partial charge in [-0.05, 0) is 41.9 Å². The SMILES string of the molecule is Cc1cc(Oc2ccc(Br)c(F)c2)c(C#N)c(C)n1. The number of nitriles is 1. The quantitative estimate of drug-likeness (QED) is 0.830. The van der Waals surface area contributed by atoms with Crippen LogP contribution in [0.2, 0.25) is 0 Å². The van der Waals surface area contributed by atoms with E-state index < -0.39 is 5.82 Å². The molecule has 0 amide bonds. The first-order valence-corrected chi connectivity index (χ1v) is 6.32. The molecule has 0 bridgehead atoms. The van der Waals surface area contributed by atoms with Crippen molar-refractivity contribution in [2.24, 2.45) is 0 Å². The molecule has 0 fully saturated rings. The van der Waals surface area contributed by atoms with Crippen LogP contribution in [0.25, 0.3) is 0 Å². The smallest absolute Gasteiger partial charge is 0.148 e. The predicted octanol–water partition coefficient (Wildman–Crippen LogP) is 4.26. The van der Waals surface area contributed by atoms with E-state index in [0.717, 1.165) is 5.69 Å². The van der Waals surface area contributed by atoms with Crippen LogP contribution in [0.5, 0.6) is 11.5 Å². The Bertz CT molecular complexity index is 680. The van der Waals surface area contributed by atoms with Crippen LogP contribution in [0.3, 0.4) is 0 Å². The molecule has 1 heterocycles. The Labute approximate surface area is 118 Å². The summed E-state index contributed by atoms with van der Waals surface area (Å²) >= 11 is 3.07. The van der Waals surface area contributed by atoms with E-state index in [0.29, 0.717) is 27.2 Å². The van der Waals surface area contributed by atoms with Crippen LogP contribution in [0.15, 0.2) is 28.7 Å². The molecule has 0 aliphatic carbocycles. The number of halogens is 2. The summed E-state index contributed by atoms with van der Waals surface area (Å²) in [6.07, 6.45) is 0. The first-order chi connectivity index (χ1) is 9.01. The Kier molecular flexibility index (Phi) is 3.82. The molecule has 0 saturated carbocycles. The molecule has 0 radical (unpaired) electrons. The van der Waals surface area contributed by atoms with Gasteiger partial charge in [-0.2, -0.15) is 5.26 Å². The molecule has 3 nitrogen and oxygen atoms in total. The average Bonchev–Trinajstić information content (AvgIpc) is 2.33. The first-order valence-electron chi connectivity index (χ1n) is 5.52. The zero-order valence-corrected chi connectivity index (χ0v) is 12.0. The van der Waals surface area contributed by atoms with Gasteiger partial charge < -0.3 is 4.74 Å². The molecular formula is C14H10BrFN2O. The van der Waals surface area contributed by atoms with Gasteiger partial charge in [0, 0.05) is 17.8 Å². The van der Waals surface area contributed by atoms with E-state index in [1.807, 2.05) is 13.0 Å². The lowest BCUT2D eigenvalue weighted by Crippen LogP contribution is -1.96. The maximum atomic E-state index is 13.4. The molecule has 2 aromatic rings. The topological polar surface area (TPSA) is 45.9 Å². The summed E-state index contributed by atoms with van der Waals surface area (Å²) in [7, 11) is 0. The number of aromatic nitrogens is 1. The largest absolute Gasteiger partial charge is 0.456 e. The fraction of sp³-hybridized carbons (Fsp3) is 0.143.